The molecule has 2 rings (SSSR count). The molecule has 1 aromatic rings. The molecule has 98 valence electrons. The number of carbonyl (C=O) groups is 1. The van der Waals surface area contributed by atoms with Crippen LogP contribution in [0.15, 0.2) is 24.3 Å². The van der Waals surface area contributed by atoms with Crippen LogP contribution in [0.4, 0.5) is 0 Å². The van der Waals surface area contributed by atoms with Crippen LogP contribution in [0, 0.1) is 5.92 Å². The van der Waals surface area contributed by atoms with Crippen LogP contribution in [0.25, 0.3) is 0 Å². The molecule has 0 aromatic heterocycles. The zero-order valence-corrected chi connectivity index (χ0v) is 11.4. The van der Waals surface area contributed by atoms with E-state index < -0.39 is 0 Å². The minimum Gasteiger partial charge on any atom is -0.327 e. The number of hydrogen-bond donors (Lipinski definition) is 1. The summed E-state index contributed by atoms with van der Waals surface area (Å²) in [5.41, 5.74) is 8.41. The van der Waals surface area contributed by atoms with Gasteiger partial charge in [0.15, 0.2) is 0 Å². The van der Waals surface area contributed by atoms with Gasteiger partial charge in [-0.1, -0.05) is 44.5 Å². The smallest absolute Gasteiger partial charge is 0.141 e. The van der Waals surface area contributed by atoms with Crippen LogP contribution >= 0.6 is 0 Å². The van der Waals surface area contributed by atoms with Crippen LogP contribution < -0.4 is 5.73 Å². The molecule has 1 saturated carbocycles. The van der Waals surface area contributed by atoms with Crippen molar-refractivity contribution >= 4 is 5.78 Å². The number of benzene rings is 1. The van der Waals surface area contributed by atoms with Crippen molar-refractivity contribution < 1.29 is 4.79 Å². The van der Waals surface area contributed by atoms with Gasteiger partial charge >= 0.3 is 0 Å². The third kappa shape index (κ3) is 2.99. The van der Waals surface area contributed by atoms with Crippen LogP contribution in [0.5, 0.6) is 0 Å². The third-order valence-electron chi connectivity index (χ3n) is 4.01. The topological polar surface area (TPSA) is 43.1 Å². The highest BCUT2D eigenvalue weighted by atomic mass is 16.1. The summed E-state index contributed by atoms with van der Waals surface area (Å²) < 4.78 is 0. The van der Waals surface area contributed by atoms with E-state index in [2.05, 4.69) is 38.1 Å². The van der Waals surface area contributed by atoms with Crippen molar-refractivity contribution in [3.63, 3.8) is 0 Å². The summed E-state index contributed by atoms with van der Waals surface area (Å²) >= 11 is 0. The van der Waals surface area contributed by atoms with E-state index in [1.54, 1.807) is 0 Å². The van der Waals surface area contributed by atoms with Gasteiger partial charge in [0.25, 0.3) is 0 Å². The first-order valence-electron chi connectivity index (χ1n) is 6.95. The maximum atomic E-state index is 12.2. The molecule has 0 heterocycles. The largest absolute Gasteiger partial charge is 0.327 e. The maximum Gasteiger partial charge on any atom is 0.141 e. The standard InChI is InChI=1S/C16H23NO/c1-11(2)13-8-6-12(7-9-13)10-16(18)14-4-3-5-15(14)17/h6-9,11,14-15H,3-5,10,17H2,1-2H3. The molecule has 1 aliphatic carbocycles. The molecule has 1 aromatic carbocycles. The third-order valence-corrected chi connectivity index (χ3v) is 4.01. The van der Waals surface area contributed by atoms with Crippen LogP contribution in [0.2, 0.25) is 0 Å². The average Bonchev–Trinajstić information content (AvgIpc) is 2.76. The summed E-state index contributed by atoms with van der Waals surface area (Å²) in [7, 11) is 0. The van der Waals surface area contributed by atoms with Gasteiger partial charge in [-0.3, -0.25) is 4.79 Å². The SMILES string of the molecule is CC(C)c1ccc(CC(=O)C2CCCC2N)cc1. The fraction of sp³-hybridized carbons (Fsp3) is 0.562. The molecule has 0 aliphatic heterocycles. The highest BCUT2D eigenvalue weighted by Crippen LogP contribution is 2.26. The fourth-order valence-corrected chi connectivity index (χ4v) is 2.74. The van der Waals surface area contributed by atoms with E-state index in [1.165, 1.54) is 5.56 Å². The predicted molar refractivity (Wildman–Crippen MR) is 74.6 cm³/mol. The Labute approximate surface area is 110 Å². The Bertz CT molecular complexity index is 408. The molecular weight excluding hydrogens is 222 g/mol. The Kier molecular flexibility index (Phi) is 4.18. The van der Waals surface area contributed by atoms with Crippen LogP contribution in [-0.4, -0.2) is 11.8 Å². The van der Waals surface area contributed by atoms with E-state index in [0.717, 1.165) is 24.8 Å². The van der Waals surface area contributed by atoms with Gasteiger partial charge in [0.1, 0.15) is 5.78 Å². The Morgan fingerprint density at radius 3 is 2.44 bits per heavy atom. The molecule has 2 nitrogen and oxygen atoms in total. The van der Waals surface area contributed by atoms with Crippen LogP contribution in [0.1, 0.15) is 50.2 Å². The molecule has 0 amide bonds. The molecule has 2 N–H and O–H groups in total. The zero-order valence-electron chi connectivity index (χ0n) is 11.4. The molecule has 0 radical (unpaired) electrons. The lowest BCUT2D eigenvalue weighted by Gasteiger charge is -2.14. The van der Waals surface area contributed by atoms with Crippen molar-refractivity contribution in [1.82, 2.24) is 0 Å². The number of nitrogens with two attached hydrogens (primary N) is 1. The van der Waals surface area contributed by atoms with E-state index in [0.29, 0.717) is 18.1 Å². The first kappa shape index (κ1) is 13.3. The van der Waals surface area contributed by atoms with Gasteiger partial charge in [-0.25, -0.2) is 0 Å². The summed E-state index contributed by atoms with van der Waals surface area (Å²) in [6.45, 7) is 4.36. The summed E-state index contributed by atoms with van der Waals surface area (Å²) in [6, 6.07) is 8.50. The van der Waals surface area contributed by atoms with Crippen molar-refractivity contribution in [3.8, 4) is 0 Å². The second-order valence-electron chi connectivity index (χ2n) is 5.74. The molecule has 2 atom stereocenters. The number of carbonyl (C=O) groups excluding carboxylic acids is 1. The van der Waals surface area contributed by atoms with Crippen molar-refractivity contribution in [1.29, 1.82) is 0 Å². The zero-order chi connectivity index (χ0) is 13.1. The molecule has 1 aliphatic rings. The molecular formula is C16H23NO. The van der Waals surface area contributed by atoms with Crippen molar-refractivity contribution in [2.75, 3.05) is 0 Å². The monoisotopic (exact) mass is 245 g/mol. The number of Topliss-reactive ketones (excluding diaryl/α,β-unsaturated/α-hetero) is 1. The second-order valence-corrected chi connectivity index (χ2v) is 5.74. The van der Waals surface area contributed by atoms with Crippen molar-refractivity contribution in [2.24, 2.45) is 11.7 Å². The minimum absolute atomic E-state index is 0.0902. The normalized spacial score (nSPS) is 23.6. The van der Waals surface area contributed by atoms with E-state index in [1.807, 2.05) is 0 Å². The Balaban J connectivity index is 1.98. The molecule has 1 fully saturated rings. The Morgan fingerprint density at radius 2 is 1.94 bits per heavy atom. The van der Waals surface area contributed by atoms with Gasteiger partial charge in [0.2, 0.25) is 0 Å². The molecule has 0 bridgehead atoms. The quantitative estimate of drug-likeness (QED) is 0.886. The summed E-state index contributed by atoms with van der Waals surface area (Å²) in [6.07, 6.45) is 3.62. The Hall–Kier alpha value is -1.15. The number of ketones is 1. The lowest BCUT2D eigenvalue weighted by Crippen LogP contribution is -2.31. The van der Waals surface area contributed by atoms with E-state index >= 15 is 0 Å². The summed E-state index contributed by atoms with van der Waals surface area (Å²) in [4.78, 5) is 12.2. The highest BCUT2D eigenvalue weighted by Gasteiger charge is 2.29. The minimum atomic E-state index is 0.0902. The van der Waals surface area contributed by atoms with Gasteiger partial charge < -0.3 is 5.73 Å². The maximum absolute atomic E-state index is 12.2. The molecule has 0 saturated heterocycles. The molecule has 2 unspecified atom stereocenters. The van der Waals surface area contributed by atoms with E-state index in [-0.39, 0.29) is 12.0 Å². The second kappa shape index (κ2) is 5.66. The predicted octanol–water partition coefficient (Wildman–Crippen LogP) is 3.05. The lowest BCUT2D eigenvalue weighted by atomic mass is 9.93. The highest BCUT2D eigenvalue weighted by molar-refractivity contribution is 5.84. The van der Waals surface area contributed by atoms with Crippen molar-refractivity contribution in [3.05, 3.63) is 35.4 Å². The fourth-order valence-electron chi connectivity index (χ4n) is 2.74. The van der Waals surface area contributed by atoms with Crippen LogP contribution in [-0.2, 0) is 11.2 Å². The van der Waals surface area contributed by atoms with Crippen LogP contribution in [0.3, 0.4) is 0 Å². The first-order valence-corrected chi connectivity index (χ1v) is 6.95. The molecule has 0 spiro atoms. The molecule has 18 heavy (non-hydrogen) atoms. The van der Waals surface area contributed by atoms with E-state index in [9.17, 15) is 4.79 Å². The Morgan fingerprint density at radius 1 is 1.28 bits per heavy atom. The van der Waals surface area contributed by atoms with E-state index in [4.69, 9.17) is 5.73 Å². The summed E-state index contributed by atoms with van der Waals surface area (Å²) in [5.74, 6) is 0.949. The lowest BCUT2D eigenvalue weighted by molar-refractivity contribution is -0.122. The van der Waals surface area contributed by atoms with Gasteiger partial charge in [0.05, 0.1) is 0 Å². The number of rotatable bonds is 4. The average molecular weight is 245 g/mol. The molecule has 2 heteroatoms. The first-order chi connectivity index (χ1) is 8.58. The van der Waals surface area contributed by atoms with Crippen molar-refractivity contribution in [2.45, 2.75) is 51.5 Å². The van der Waals surface area contributed by atoms with Gasteiger partial charge in [0, 0.05) is 18.4 Å². The van der Waals surface area contributed by atoms with Gasteiger partial charge in [-0.15, -0.1) is 0 Å². The number of hydrogen-bond acceptors (Lipinski definition) is 2. The van der Waals surface area contributed by atoms with Gasteiger partial charge in [-0.2, -0.15) is 0 Å². The summed E-state index contributed by atoms with van der Waals surface area (Å²) in [5, 5.41) is 0. The van der Waals surface area contributed by atoms with Gasteiger partial charge in [-0.05, 0) is 29.9 Å².